The molecule has 1 aliphatic heterocycles. The van der Waals surface area contributed by atoms with E-state index in [-0.39, 0.29) is 12.1 Å². The molecular formula is C14H18N4O. The molecule has 0 unspecified atom stereocenters. The lowest BCUT2D eigenvalue weighted by atomic mass is 9.98. The third-order valence-electron chi connectivity index (χ3n) is 3.51. The van der Waals surface area contributed by atoms with Crippen molar-refractivity contribution in [1.29, 1.82) is 0 Å². The van der Waals surface area contributed by atoms with Gasteiger partial charge in [0.1, 0.15) is 12.7 Å². The van der Waals surface area contributed by atoms with Crippen LogP contribution in [0.3, 0.4) is 0 Å². The Morgan fingerprint density at radius 2 is 2.21 bits per heavy atom. The Morgan fingerprint density at radius 3 is 2.89 bits per heavy atom. The van der Waals surface area contributed by atoms with Crippen LogP contribution >= 0.6 is 0 Å². The van der Waals surface area contributed by atoms with E-state index in [0.717, 1.165) is 25.3 Å². The van der Waals surface area contributed by atoms with Crippen LogP contribution in [0.2, 0.25) is 0 Å². The fourth-order valence-corrected chi connectivity index (χ4v) is 2.51. The van der Waals surface area contributed by atoms with E-state index in [1.165, 1.54) is 11.9 Å². The second kappa shape index (κ2) is 5.50. The van der Waals surface area contributed by atoms with Crippen LogP contribution in [0.4, 0.5) is 0 Å². The molecule has 19 heavy (non-hydrogen) atoms. The number of hydrogen-bond donors (Lipinski definition) is 1. The van der Waals surface area contributed by atoms with Crippen LogP contribution in [0, 0.1) is 0 Å². The molecular weight excluding hydrogens is 240 g/mol. The maximum absolute atomic E-state index is 5.81. The highest BCUT2D eigenvalue weighted by molar-refractivity contribution is 5.35. The molecule has 5 nitrogen and oxygen atoms in total. The van der Waals surface area contributed by atoms with Gasteiger partial charge in [-0.25, -0.2) is 9.67 Å². The first-order chi connectivity index (χ1) is 9.38. The number of rotatable bonds is 3. The van der Waals surface area contributed by atoms with E-state index in [0.29, 0.717) is 0 Å². The molecule has 1 aliphatic rings. The van der Waals surface area contributed by atoms with Gasteiger partial charge >= 0.3 is 0 Å². The first-order valence-electron chi connectivity index (χ1n) is 6.68. The van der Waals surface area contributed by atoms with Crippen molar-refractivity contribution in [2.45, 2.75) is 25.5 Å². The van der Waals surface area contributed by atoms with Gasteiger partial charge in [-0.05, 0) is 24.1 Å². The molecule has 0 spiro atoms. The van der Waals surface area contributed by atoms with Crippen LogP contribution in [-0.4, -0.2) is 34.0 Å². The molecule has 1 aromatic heterocycles. The highest BCUT2D eigenvalue weighted by atomic mass is 16.5. The van der Waals surface area contributed by atoms with Crippen molar-refractivity contribution < 1.29 is 4.74 Å². The summed E-state index contributed by atoms with van der Waals surface area (Å²) in [7, 11) is 0. The number of nitrogens with zero attached hydrogens (tertiary/aromatic N) is 3. The molecule has 2 atom stereocenters. The Labute approximate surface area is 112 Å². The fourth-order valence-electron chi connectivity index (χ4n) is 2.51. The van der Waals surface area contributed by atoms with Gasteiger partial charge in [0.05, 0.1) is 24.4 Å². The summed E-state index contributed by atoms with van der Waals surface area (Å²) in [5.74, 6) is 0. The van der Waals surface area contributed by atoms with E-state index in [1.807, 2.05) is 0 Å². The lowest BCUT2D eigenvalue weighted by Gasteiger charge is -2.32. The number of hydrogen-bond acceptors (Lipinski definition) is 4. The average Bonchev–Trinajstić information content (AvgIpc) is 3.02. The maximum atomic E-state index is 5.81. The normalized spacial score (nSPS) is 23.4. The van der Waals surface area contributed by atoms with Crippen molar-refractivity contribution >= 4 is 0 Å². The molecule has 1 saturated heterocycles. The molecule has 2 aromatic rings. The first kappa shape index (κ1) is 12.3. The van der Waals surface area contributed by atoms with E-state index < -0.39 is 0 Å². The molecule has 2 heterocycles. The van der Waals surface area contributed by atoms with Crippen molar-refractivity contribution in [3.8, 4) is 5.69 Å². The number of benzene rings is 1. The molecule has 0 aliphatic carbocycles. The summed E-state index contributed by atoms with van der Waals surface area (Å²) in [5.41, 5.74) is 2.28. The van der Waals surface area contributed by atoms with Crippen LogP contribution in [0.5, 0.6) is 0 Å². The molecule has 1 N–H and O–H groups in total. The Bertz CT molecular complexity index is 509. The summed E-state index contributed by atoms with van der Waals surface area (Å²) >= 11 is 0. The highest BCUT2D eigenvalue weighted by Gasteiger charge is 2.25. The smallest absolute Gasteiger partial charge is 0.138 e. The number of ether oxygens (including phenoxy) is 1. The fraction of sp³-hybridized carbons (Fsp3) is 0.429. The zero-order valence-corrected chi connectivity index (χ0v) is 11.0. The highest BCUT2D eigenvalue weighted by Crippen LogP contribution is 2.24. The van der Waals surface area contributed by atoms with Gasteiger partial charge in [-0.1, -0.05) is 19.1 Å². The largest absolute Gasteiger partial charge is 0.375 e. The summed E-state index contributed by atoms with van der Waals surface area (Å²) in [6.07, 6.45) is 4.51. The number of morpholine rings is 1. The molecule has 0 radical (unpaired) electrons. The van der Waals surface area contributed by atoms with Crippen LogP contribution in [0.15, 0.2) is 36.9 Å². The lowest BCUT2D eigenvalue weighted by Crippen LogP contribution is -2.41. The van der Waals surface area contributed by atoms with E-state index in [1.54, 1.807) is 11.0 Å². The van der Waals surface area contributed by atoms with Gasteiger partial charge in [-0.2, -0.15) is 5.10 Å². The van der Waals surface area contributed by atoms with Crippen molar-refractivity contribution in [3.05, 3.63) is 42.5 Å². The van der Waals surface area contributed by atoms with Gasteiger partial charge in [0.25, 0.3) is 0 Å². The number of nitrogens with one attached hydrogen (secondary N) is 1. The van der Waals surface area contributed by atoms with Crippen LogP contribution in [0.1, 0.15) is 24.9 Å². The summed E-state index contributed by atoms with van der Waals surface area (Å²) in [6, 6.07) is 8.67. The van der Waals surface area contributed by atoms with Crippen molar-refractivity contribution in [2.75, 3.05) is 13.2 Å². The summed E-state index contributed by atoms with van der Waals surface area (Å²) < 4.78 is 7.56. The average molecular weight is 258 g/mol. The Hall–Kier alpha value is -1.72. The van der Waals surface area contributed by atoms with Crippen molar-refractivity contribution in [3.63, 3.8) is 0 Å². The van der Waals surface area contributed by atoms with E-state index in [2.05, 4.69) is 46.6 Å². The lowest BCUT2D eigenvalue weighted by molar-refractivity contribution is -0.00646. The maximum Gasteiger partial charge on any atom is 0.138 e. The first-order valence-corrected chi connectivity index (χ1v) is 6.68. The molecule has 5 heteroatoms. The van der Waals surface area contributed by atoms with Crippen LogP contribution in [0.25, 0.3) is 5.69 Å². The Balaban J connectivity index is 1.81. The van der Waals surface area contributed by atoms with E-state index in [9.17, 15) is 0 Å². The third kappa shape index (κ3) is 2.52. The predicted octanol–water partition coefficient (Wildman–Crippen LogP) is 1.71. The zero-order chi connectivity index (χ0) is 13.1. The molecule has 0 saturated carbocycles. The topological polar surface area (TPSA) is 52.0 Å². The summed E-state index contributed by atoms with van der Waals surface area (Å²) in [5, 5.41) is 7.66. The molecule has 1 aromatic carbocycles. The minimum absolute atomic E-state index is 0.256. The molecule has 0 bridgehead atoms. The zero-order valence-electron chi connectivity index (χ0n) is 11.0. The van der Waals surface area contributed by atoms with Crippen molar-refractivity contribution in [1.82, 2.24) is 20.1 Å². The summed E-state index contributed by atoms with van der Waals surface area (Å²) in [6.45, 7) is 3.87. The standard InChI is InChI=1S/C14H18N4O/c1-2-13-14(16-7-8-19-13)11-3-5-12(6-4-11)18-10-15-9-17-18/h3-6,9-10,13-14,16H,2,7-8H2,1H3/t13-,14-/m0/s1. The SMILES string of the molecule is CC[C@@H]1OCCN[C@H]1c1ccc(-n2cncn2)cc1. The Kier molecular flexibility index (Phi) is 3.57. The van der Waals surface area contributed by atoms with Gasteiger partial charge in [-0.15, -0.1) is 0 Å². The quantitative estimate of drug-likeness (QED) is 0.910. The molecule has 3 rings (SSSR count). The minimum atomic E-state index is 0.256. The van der Waals surface area contributed by atoms with Gasteiger partial charge in [0, 0.05) is 6.54 Å². The van der Waals surface area contributed by atoms with Gasteiger partial charge in [0.15, 0.2) is 0 Å². The minimum Gasteiger partial charge on any atom is -0.375 e. The monoisotopic (exact) mass is 258 g/mol. The van der Waals surface area contributed by atoms with Gasteiger partial charge in [-0.3, -0.25) is 0 Å². The van der Waals surface area contributed by atoms with Gasteiger partial charge < -0.3 is 10.1 Å². The Morgan fingerprint density at radius 1 is 1.37 bits per heavy atom. The molecule has 1 fully saturated rings. The molecule has 0 amide bonds. The predicted molar refractivity (Wildman–Crippen MR) is 72.1 cm³/mol. The van der Waals surface area contributed by atoms with E-state index >= 15 is 0 Å². The second-order valence-corrected chi connectivity index (χ2v) is 4.68. The van der Waals surface area contributed by atoms with Crippen molar-refractivity contribution in [2.24, 2.45) is 0 Å². The van der Waals surface area contributed by atoms with Crippen LogP contribution in [-0.2, 0) is 4.74 Å². The second-order valence-electron chi connectivity index (χ2n) is 4.68. The van der Waals surface area contributed by atoms with E-state index in [4.69, 9.17) is 4.74 Å². The molecule has 100 valence electrons. The van der Waals surface area contributed by atoms with Gasteiger partial charge in [0.2, 0.25) is 0 Å². The third-order valence-corrected chi connectivity index (χ3v) is 3.51. The van der Waals surface area contributed by atoms with Crippen LogP contribution < -0.4 is 5.32 Å². The number of aromatic nitrogens is 3. The summed E-state index contributed by atoms with van der Waals surface area (Å²) in [4.78, 5) is 3.96.